The van der Waals surface area contributed by atoms with Crippen LogP contribution < -0.4 is 10.1 Å². The Morgan fingerprint density at radius 1 is 1.17 bits per heavy atom. The lowest BCUT2D eigenvalue weighted by molar-refractivity contribution is 0.415. The maximum absolute atomic E-state index is 5.16. The first-order valence-electron chi connectivity index (χ1n) is 5.96. The lowest BCUT2D eigenvalue weighted by atomic mass is 10.0. The smallest absolute Gasteiger partial charge is 0.132 e. The average molecular weight is 243 g/mol. The zero-order valence-corrected chi connectivity index (χ0v) is 10.9. The zero-order chi connectivity index (χ0) is 13.0. The van der Waals surface area contributed by atoms with Crippen molar-refractivity contribution in [3.8, 4) is 17.0 Å². The van der Waals surface area contributed by atoms with Gasteiger partial charge in [0.15, 0.2) is 0 Å². The van der Waals surface area contributed by atoms with Gasteiger partial charge < -0.3 is 10.1 Å². The van der Waals surface area contributed by atoms with Crippen molar-refractivity contribution >= 4 is 5.82 Å². The van der Waals surface area contributed by atoms with Gasteiger partial charge in [-0.15, -0.1) is 0 Å². The molecule has 0 bridgehead atoms. The van der Waals surface area contributed by atoms with Crippen LogP contribution in [-0.2, 0) is 6.42 Å². The number of aromatic nitrogens is 2. The molecule has 0 saturated heterocycles. The van der Waals surface area contributed by atoms with Gasteiger partial charge in [-0.3, -0.25) is 0 Å². The minimum atomic E-state index is 0.847. The molecule has 18 heavy (non-hydrogen) atoms. The number of ether oxygens (including phenoxy) is 1. The molecule has 0 aliphatic carbocycles. The predicted octanol–water partition coefficient (Wildman–Crippen LogP) is 2.76. The molecule has 0 aliphatic heterocycles. The molecule has 0 radical (unpaired) electrons. The molecule has 1 aromatic carbocycles. The summed E-state index contributed by atoms with van der Waals surface area (Å²) in [6, 6.07) is 7.91. The van der Waals surface area contributed by atoms with Crippen LogP contribution in [0.1, 0.15) is 12.5 Å². The maximum Gasteiger partial charge on any atom is 0.132 e. The second kappa shape index (κ2) is 5.49. The number of anilines is 1. The van der Waals surface area contributed by atoms with Gasteiger partial charge in [-0.1, -0.05) is 6.92 Å². The summed E-state index contributed by atoms with van der Waals surface area (Å²) in [6.07, 6.45) is 2.48. The Morgan fingerprint density at radius 3 is 2.44 bits per heavy atom. The number of rotatable bonds is 4. The van der Waals surface area contributed by atoms with E-state index in [1.807, 2.05) is 31.3 Å². The fourth-order valence-electron chi connectivity index (χ4n) is 1.96. The Labute approximate surface area is 107 Å². The van der Waals surface area contributed by atoms with Gasteiger partial charge in [-0.05, 0) is 30.7 Å². The van der Waals surface area contributed by atoms with E-state index in [-0.39, 0.29) is 0 Å². The van der Waals surface area contributed by atoms with Crippen LogP contribution in [0.25, 0.3) is 11.3 Å². The van der Waals surface area contributed by atoms with Crippen LogP contribution in [0.4, 0.5) is 5.82 Å². The van der Waals surface area contributed by atoms with Crippen molar-refractivity contribution in [1.29, 1.82) is 0 Å². The second-order valence-corrected chi connectivity index (χ2v) is 3.88. The van der Waals surface area contributed by atoms with Crippen LogP contribution in [0.3, 0.4) is 0 Å². The van der Waals surface area contributed by atoms with E-state index in [0.29, 0.717) is 0 Å². The van der Waals surface area contributed by atoms with E-state index in [1.165, 1.54) is 0 Å². The maximum atomic E-state index is 5.16. The van der Waals surface area contributed by atoms with E-state index in [2.05, 4.69) is 22.2 Å². The van der Waals surface area contributed by atoms with E-state index < -0.39 is 0 Å². The van der Waals surface area contributed by atoms with Crippen molar-refractivity contribution < 1.29 is 4.74 Å². The van der Waals surface area contributed by atoms with E-state index >= 15 is 0 Å². The third-order valence-electron chi connectivity index (χ3n) is 2.90. The SMILES string of the molecule is CCc1c(NC)ncnc1-c1ccc(OC)cc1. The summed E-state index contributed by atoms with van der Waals surface area (Å²) in [5.74, 6) is 1.73. The largest absolute Gasteiger partial charge is 0.497 e. The average Bonchev–Trinajstić information content (AvgIpc) is 2.46. The molecule has 1 heterocycles. The lowest BCUT2D eigenvalue weighted by Gasteiger charge is -2.11. The van der Waals surface area contributed by atoms with E-state index in [0.717, 1.165) is 34.8 Å². The highest BCUT2D eigenvalue weighted by Gasteiger charge is 2.10. The van der Waals surface area contributed by atoms with Crippen LogP contribution in [-0.4, -0.2) is 24.1 Å². The molecule has 4 nitrogen and oxygen atoms in total. The third kappa shape index (κ3) is 2.27. The molecule has 0 unspecified atom stereocenters. The molecule has 0 fully saturated rings. The molecule has 0 spiro atoms. The van der Waals surface area contributed by atoms with Crippen molar-refractivity contribution in [2.75, 3.05) is 19.5 Å². The van der Waals surface area contributed by atoms with E-state index in [4.69, 9.17) is 4.74 Å². The number of methoxy groups -OCH3 is 1. The highest BCUT2D eigenvalue weighted by Crippen LogP contribution is 2.27. The molecule has 0 aliphatic rings. The topological polar surface area (TPSA) is 47.0 Å². The van der Waals surface area contributed by atoms with E-state index in [1.54, 1.807) is 13.4 Å². The lowest BCUT2D eigenvalue weighted by Crippen LogP contribution is -2.02. The Hall–Kier alpha value is -2.10. The second-order valence-electron chi connectivity index (χ2n) is 3.88. The molecule has 1 aromatic heterocycles. The molecule has 2 rings (SSSR count). The summed E-state index contributed by atoms with van der Waals surface area (Å²) in [5, 5.41) is 3.10. The van der Waals surface area contributed by atoms with Crippen LogP contribution in [0, 0.1) is 0 Å². The molecule has 2 aromatic rings. The van der Waals surface area contributed by atoms with Crippen molar-refractivity contribution in [2.24, 2.45) is 0 Å². The normalized spacial score (nSPS) is 10.2. The molecule has 0 atom stereocenters. The Kier molecular flexibility index (Phi) is 3.77. The summed E-state index contributed by atoms with van der Waals surface area (Å²) in [5.41, 5.74) is 3.18. The summed E-state index contributed by atoms with van der Waals surface area (Å²) in [7, 11) is 3.54. The van der Waals surface area contributed by atoms with Gasteiger partial charge in [0.05, 0.1) is 12.8 Å². The molecule has 4 heteroatoms. The number of hydrogen-bond acceptors (Lipinski definition) is 4. The highest BCUT2D eigenvalue weighted by atomic mass is 16.5. The summed E-state index contributed by atoms with van der Waals surface area (Å²) < 4.78 is 5.16. The van der Waals surface area contributed by atoms with Gasteiger partial charge in [-0.2, -0.15) is 0 Å². The molecular weight excluding hydrogens is 226 g/mol. The Balaban J connectivity index is 2.48. The molecule has 0 saturated carbocycles. The summed E-state index contributed by atoms with van der Waals surface area (Å²) in [4.78, 5) is 8.63. The number of benzene rings is 1. The summed E-state index contributed by atoms with van der Waals surface area (Å²) >= 11 is 0. The predicted molar refractivity (Wildman–Crippen MR) is 72.9 cm³/mol. The number of nitrogens with one attached hydrogen (secondary N) is 1. The monoisotopic (exact) mass is 243 g/mol. The fraction of sp³-hybridized carbons (Fsp3) is 0.286. The number of nitrogens with zero attached hydrogens (tertiary/aromatic N) is 2. The summed E-state index contributed by atoms with van der Waals surface area (Å²) in [6.45, 7) is 2.10. The first-order valence-corrected chi connectivity index (χ1v) is 5.96. The first-order chi connectivity index (χ1) is 8.80. The molecular formula is C14H17N3O. The van der Waals surface area contributed by atoms with Gasteiger partial charge >= 0.3 is 0 Å². The first kappa shape index (κ1) is 12.4. The van der Waals surface area contributed by atoms with Crippen LogP contribution in [0.2, 0.25) is 0 Å². The quantitative estimate of drug-likeness (QED) is 0.897. The Morgan fingerprint density at radius 2 is 1.89 bits per heavy atom. The zero-order valence-electron chi connectivity index (χ0n) is 10.9. The van der Waals surface area contributed by atoms with Crippen molar-refractivity contribution in [2.45, 2.75) is 13.3 Å². The van der Waals surface area contributed by atoms with Crippen molar-refractivity contribution in [1.82, 2.24) is 9.97 Å². The fourth-order valence-corrected chi connectivity index (χ4v) is 1.96. The van der Waals surface area contributed by atoms with Crippen molar-refractivity contribution in [3.05, 3.63) is 36.2 Å². The van der Waals surface area contributed by atoms with E-state index in [9.17, 15) is 0 Å². The standard InChI is InChI=1S/C14H17N3O/c1-4-12-13(16-9-17-14(12)15-2)10-5-7-11(18-3)8-6-10/h5-9H,4H2,1-3H3,(H,15,16,17). The van der Waals surface area contributed by atoms with Crippen LogP contribution in [0.5, 0.6) is 5.75 Å². The number of hydrogen-bond donors (Lipinski definition) is 1. The molecule has 94 valence electrons. The minimum absolute atomic E-state index is 0.847. The Bertz CT molecular complexity index is 523. The highest BCUT2D eigenvalue weighted by molar-refractivity contribution is 5.68. The van der Waals surface area contributed by atoms with Gasteiger partial charge in [0.1, 0.15) is 17.9 Å². The third-order valence-corrected chi connectivity index (χ3v) is 2.90. The minimum Gasteiger partial charge on any atom is -0.497 e. The van der Waals surface area contributed by atoms with Gasteiger partial charge in [0, 0.05) is 18.2 Å². The van der Waals surface area contributed by atoms with Crippen molar-refractivity contribution in [3.63, 3.8) is 0 Å². The van der Waals surface area contributed by atoms with Gasteiger partial charge in [-0.25, -0.2) is 9.97 Å². The van der Waals surface area contributed by atoms with Gasteiger partial charge in [0.2, 0.25) is 0 Å². The molecule has 0 amide bonds. The van der Waals surface area contributed by atoms with Gasteiger partial charge in [0.25, 0.3) is 0 Å². The van der Waals surface area contributed by atoms with Crippen LogP contribution in [0.15, 0.2) is 30.6 Å². The molecule has 1 N–H and O–H groups in total. The van der Waals surface area contributed by atoms with Crippen LogP contribution >= 0.6 is 0 Å².